The minimum absolute atomic E-state index is 0.0502. The van der Waals surface area contributed by atoms with E-state index in [1.165, 1.54) is 12.1 Å². The molecule has 4 rings (SSSR count). The predicted molar refractivity (Wildman–Crippen MR) is 86.8 cm³/mol. The Hall–Kier alpha value is -2.03. The van der Waals surface area contributed by atoms with E-state index in [0.717, 1.165) is 5.56 Å². The van der Waals surface area contributed by atoms with Gasteiger partial charge in [0.2, 0.25) is 5.91 Å². The molecule has 0 aromatic heterocycles. The Balaban J connectivity index is 1.49. The quantitative estimate of drug-likeness (QED) is 0.598. The van der Waals surface area contributed by atoms with E-state index in [1.807, 2.05) is 6.07 Å². The zero-order valence-corrected chi connectivity index (χ0v) is 13.7. The van der Waals surface area contributed by atoms with Crippen molar-refractivity contribution in [2.75, 3.05) is 32.7 Å². The van der Waals surface area contributed by atoms with Crippen LogP contribution in [0.25, 0.3) is 0 Å². The van der Waals surface area contributed by atoms with Gasteiger partial charge >= 0.3 is 5.97 Å². The second-order valence-corrected chi connectivity index (χ2v) is 7.24. The molecule has 1 aromatic rings. The van der Waals surface area contributed by atoms with Gasteiger partial charge < -0.3 is 15.3 Å². The normalized spacial score (nSPS) is 34.9. The van der Waals surface area contributed by atoms with Crippen LogP contribution in [0.5, 0.6) is 0 Å². The summed E-state index contributed by atoms with van der Waals surface area (Å²) in [6.07, 6.45) is 0. The Morgan fingerprint density at radius 3 is 3.00 bits per heavy atom. The molecular formula is C17H21FN4O3. The third kappa shape index (κ3) is 2.70. The zero-order valence-electron chi connectivity index (χ0n) is 13.7. The Morgan fingerprint density at radius 2 is 2.28 bits per heavy atom. The van der Waals surface area contributed by atoms with E-state index in [9.17, 15) is 19.1 Å². The van der Waals surface area contributed by atoms with Crippen LogP contribution in [0.2, 0.25) is 0 Å². The summed E-state index contributed by atoms with van der Waals surface area (Å²) in [5.74, 6) is -1.70. The summed E-state index contributed by atoms with van der Waals surface area (Å²) in [5.41, 5.74) is 6.13. The van der Waals surface area contributed by atoms with Crippen molar-refractivity contribution in [2.45, 2.75) is 6.04 Å². The highest BCUT2D eigenvalue weighted by molar-refractivity contribution is 5.92. The Bertz CT molecular complexity index is 715. The monoisotopic (exact) mass is 348 g/mol. The van der Waals surface area contributed by atoms with Crippen LogP contribution in [0.4, 0.5) is 4.39 Å². The molecule has 8 heteroatoms. The molecule has 4 atom stereocenters. The standard InChI is InChI=1S/C17H21FN4O3/c18-12-3-1-2-10(4-12)14-11(5-20-21-14)6-22-7-13-15(23)19-8-17(13,9-22)16(24)25/h1-4,11,13-14,20-21H,5-9H2,(H,19,23)(H,24,25)/t11?,13-,14?,17+/m1/s1. The van der Waals surface area contributed by atoms with Crippen LogP contribution >= 0.6 is 0 Å². The molecule has 2 unspecified atom stereocenters. The molecule has 3 heterocycles. The number of nitrogens with zero attached hydrogens (tertiary/aromatic N) is 1. The summed E-state index contributed by atoms with van der Waals surface area (Å²) in [6.45, 7) is 2.36. The van der Waals surface area contributed by atoms with Crippen LogP contribution in [0.3, 0.4) is 0 Å². The lowest BCUT2D eigenvalue weighted by Gasteiger charge is -2.26. The van der Waals surface area contributed by atoms with Gasteiger partial charge in [0.05, 0.1) is 12.0 Å². The van der Waals surface area contributed by atoms with Crippen molar-refractivity contribution in [1.82, 2.24) is 21.1 Å². The van der Waals surface area contributed by atoms with Crippen molar-refractivity contribution in [3.05, 3.63) is 35.6 Å². The molecular weight excluding hydrogens is 327 g/mol. The topological polar surface area (TPSA) is 93.7 Å². The van der Waals surface area contributed by atoms with Gasteiger partial charge in [-0.1, -0.05) is 12.1 Å². The number of hydrogen-bond donors (Lipinski definition) is 4. The first kappa shape index (κ1) is 16.4. The first-order valence-corrected chi connectivity index (χ1v) is 8.47. The van der Waals surface area contributed by atoms with Gasteiger partial charge in [-0.2, -0.15) is 0 Å². The summed E-state index contributed by atoms with van der Waals surface area (Å²) in [4.78, 5) is 25.8. The Morgan fingerprint density at radius 1 is 1.44 bits per heavy atom. The fourth-order valence-corrected chi connectivity index (χ4v) is 4.41. The lowest BCUT2D eigenvalue weighted by atomic mass is 9.81. The van der Waals surface area contributed by atoms with E-state index >= 15 is 0 Å². The van der Waals surface area contributed by atoms with Crippen molar-refractivity contribution in [3.63, 3.8) is 0 Å². The SMILES string of the molecule is O=C1NC[C@]2(C(=O)O)CN(CC3CNNC3c3cccc(F)c3)C[C@H]12. The maximum atomic E-state index is 13.5. The smallest absolute Gasteiger partial charge is 0.313 e. The van der Waals surface area contributed by atoms with Crippen LogP contribution < -0.4 is 16.2 Å². The number of benzene rings is 1. The number of likely N-dealkylation sites (tertiary alicyclic amines) is 1. The van der Waals surface area contributed by atoms with Gasteiger partial charge in [-0.25, -0.2) is 9.82 Å². The van der Waals surface area contributed by atoms with Crippen molar-refractivity contribution in [2.24, 2.45) is 17.3 Å². The van der Waals surface area contributed by atoms with Crippen molar-refractivity contribution >= 4 is 11.9 Å². The molecule has 3 saturated heterocycles. The summed E-state index contributed by atoms with van der Waals surface area (Å²) in [7, 11) is 0. The third-order valence-electron chi connectivity index (χ3n) is 5.73. The molecule has 3 fully saturated rings. The summed E-state index contributed by atoms with van der Waals surface area (Å²) >= 11 is 0. The zero-order chi connectivity index (χ0) is 17.6. The number of rotatable bonds is 4. The first-order chi connectivity index (χ1) is 12.0. The summed E-state index contributed by atoms with van der Waals surface area (Å²) in [5, 5.41) is 12.3. The number of amides is 1. The van der Waals surface area contributed by atoms with Crippen LogP contribution in [-0.2, 0) is 9.59 Å². The minimum atomic E-state index is -1.02. The van der Waals surface area contributed by atoms with Crippen LogP contribution in [0.15, 0.2) is 24.3 Å². The molecule has 1 aromatic carbocycles. The number of carboxylic acids is 1. The first-order valence-electron chi connectivity index (χ1n) is 8.47. The molecule has 4 N–H and O–H groups in total. The second kappa shape index (κ2) is 6.05. The molecule has 0 saturated carbocycles. The van der Waals surface area contributed by atoms with E-state index < -0.39 is 17.3 Å². The third-order valence-corrected chi connectivity index (χ3v) is 5.73. The number of fused-ring (bicyclic) bond motifs is 1. The molecule has 3 aliphatic rings. The summed E-state index contributed by atoms with van der Waals surface area (Å²) in [6, 6.07) is 6.45. The largest absolute Gasteiger partial charge is 0.481 e. The number of carboxylic acid groups (broad SMARTS) is 1. The molecule has 0 bridgehead atoms. The molecule has 25 heavy (non-hydrogen) atoms. The van der Waals surface area contributed by atoms with Gasteiger partial charge in [0.1, 0.15) is 11.2 Å². The summed E-state index contributed by atoms with van der Waals surface area (Å²) < 4.78 is 13.5. The van der Waals surface area contributed by atoms with Crippen LogP contribution in [0, 0.1) is 23.1 Å². The van der Waals surface area contributed by atoms with E-state index in [1.54, 1.807) is 6.07 Å². The lowest BCUT2D eigenvalue weighted by molar-refractivity contribution is -0.149. The van der Waals surface area contributed by atoms with Gasteiger partial charge in [0.15, 0.2) is 0 Å². The molecule has 0 spiro atoms. The average Bonchev–Trinajstić information content (AvgIpc) is 3.24. The van der Waals surface area contributed by atoms with Gasteiger partial charge in [-0.3, -0.25) is 15.0 Å². The van der Waals surface area contributed by atoms with Gasteiger partial charge in [-0.15, -0.1) is 0 Å². The number of halogens is 1. The maximum Gasteiger partial charge on any atom is 0.313 e. The molecule has 7 nitrogen and oxygen atoms in total. The van der Waals surface area contributed by atoms with Gasteiger partial charge in [-0.05, 0) is 17.7 Å². The van der Waals surface area contributed by atoms with Crippen LogP contribution in [-0.4, -0.2) is 54.6 Å². The van der Waals surface area contributed by atoms with E-state index in [-0.39, 0.29) is 30.2 Å². The number of hydrogen-bond acceptors (Lipinski definition) is 5. The van der Waals surface area contributed by atoms with Crippen molar-refractivity contribution in [3.8, 4) is 0 Å². The maximum absolute atomic E-state index is 13.5. The van der Waals surface area contributed by atoms with Crippen molar-refractivity contribution in [1.29, 1.82) is 0 Å². The Kier molecular flexibility index (Phi) is 3.98. The van der Waals surface area contributed by atoms with Crippen molar-refractivity contribution < 1.29 is 19.1 Å². The highest BCUT2D eigenvalue weighted by Crippen LogP contribution is 2.41. The molecule has 0 radical (unpaired) electrons. The highest BCUT2D eigenvalue weighted by Gasteiger charge is 2.59. The Labute approximate surface area is 144 Å². The molecule has 0 aliphatic carbocycles. The number of carbonyl (C=O) groups is 2. The number of aliphatic carboxylic acids is 1. The van der Waals surface area contributed by atoms with Gasteiger partial charge in [0.25, 0.3) is 0 Å². The highest BCUT2D eigenvalue weighted by atomic mass is 19.1. The molecule has 3 aliphatic heterocycles. The fourth-order valence-electron chi connectivity index (χ4n) is 4.41. The molecule has 134 valence electrons. The van der Waals surface area contributed by atoms with E-state index in [2.05, 4.69) is 21.1 Å². The second-order valence-electron chi connectivity index (χ2n) is 7.24. The predicted octanol–water partition coefficient (Wildman–Crippen LogP) is -0.277. The number of carbonyl (C=O) groups excluding carboxylic acids is 1. The molecule has 1 amide bonds. The lowest BCUT2D eigenvalue weighted by Crippen LogP contribution is -2.41. The van der Waals surface area contributed by atoms with Gasteiger partial charge in [0, 0.05) is 38.6 Å². The minimum Gasteiger partial charge on any atom is -0.481 e. The number of nitrogens with one attached hydrogen (secondary N) is 3. The fraction of sp³-hybridized carbons (Fsp3) is 0.529. The van der Waals surface area contributed by atoms with Crippen LogP contribution in [0.1, 0.15) is 11.6 Å². The average molecular weight is 348 g/mol. The number of hydrazine groups is 1. The van der Waals surface area contributed by atoms with E-state index in [0.29, 0.717) is 26.2 Å². The van der Waals surface area contributed by atoms with E-state index in [4.69, 9.17) is 0 Å².